The second-order valence-corrected chi connectivity index (χ2v) is 16.6. The smallest absolute Gasteiger partial charge is 0.323 e. The number of unbranched alkanes of at least 4 members (excludes halogenated alkanes) is 27. The van der Waals surface area contributed by atoms with Crippen molar-refractivity contribution in [1.82, 2.24) is 0 Å². The SMILES string of the molecule is CCCCCCCCCCCCOC(C[N+](CC)(CC)Cc1ccccc1)(OCCCCCCCCCCCC)OCCCCCCCCCCCC. The summed E-state index contributed by atoms with van der Waals surface area (Å²) in [5.74, 6) is -0.987. The van der Waals surface area contributed by atoms with E-state index in [0.717, 1.165) is 49.9 Å². The minimum Gasteiger partial charge on any atom is -0.323 e. The van der Waals surface area contributed by atoms with Gasteiger partial charge in [0.1, 0.15) is 6.54 Å². The highest BCUT2D eigenvalue weighted by Gasteiger charge is 2.43. The Balaban J connectivity index is 2.87. The molecule has 1 rings (SSSR count). The highest BCUT2D eigenvalue weighted by Crippen LogP contribution is 2.27. The third-order valence-corrected chi connectivity index (χ3v) is 11.7. The molecule has 0 amide bonds. The second kappa shape index (κ2) is 36.7. The van der Waals surface area contributed by atoms with Gasteiger partial charge in [-0.2, -0.15) is 0 Å². The van der Waals surface area contributed by atoms with Gasteiger partial charge in [-0.25, -0.2) is 0 Å². The van der Waals surface area contributed by atoms with E-state index in [1.165, 1.54) is 179 Å². The molecule has 1 aromatic carbocycles. The van der Waals surface area contributed by atoms with Crippen molar-refractivity contribution >= 4 is 0 Å². The molecule has 0 heterocycles. The highest BCUT2D eigenvalue weighted by atomic mass is 16.9. The van der Waals surface area contributed by atoms with Gasteiger partial charge in [0, 0.05) is 5.56 Å². The predicted octanol–water partition coefficient (Wildman–Crippen LogP) is 15.5. The van der Waals surface area contributed by atoms with Crippen molar-refractivity contribution in [2.24, 2.45) is 0 Å². The molecule has 0 saturated carbocycles. The van der Waals surface area contributed by atoms with Crippen LogP contribution in [0.15, 0.2) is 30.3 Å². The molecule has 4 nitrogen and oxygen atoms in total. The first-order valence-corrected chi connectivity index (χ1v) is 23.9. The van der Waals surface area contributed by atoms with Crippen molar-refractivity contribution in [3.8, 4) is 0 Å². The average molecular weight is 745 g/mol. The molecule has 0 saturated heterocycles. The normalized spacial score (nSPS) is 12.2. The van der Waals surface area contributed by atoms with Gasteiger partial charge in [0.05, 0.1) is 32.9 Å². The lowest BCUT2D eigenvalue weighted by Gasteiger charge is -2.44. The lowest BCUT2D eigenvalue weighted by molar-refractivity contribution is -0.950. The van der Waals surface area contributed by atoms with Crippen LogP contribution in [0.2, 0.25) is 0 Å². The van der Waals surface area contributed by atoms with Crippen LogP contribution < -0.4 is 0 Å². The van der Waals surface area contributed by atoms with Gasteiger partial charge in [0.25, 0.3) is 0 Å². The van der Waals surface area contributed by atoms with Crippen LogP contribution in [0.4, 0.5) is 0 Å². The van der Waals surface area contributed by atoms with E-state index in [1.807, 2.05) is 0 Å². The molecule has 0 bridgehead atoms. The van der Waals surface area contributed by atoms with E-state index in [4.69, 9.17) is 14.2 Å². The third-order valence-electron chi connectivity index (χ3n) is 11.7. The molecule has 0 aromatic heterocycles. The fourth-order valence-electron chi connectivity index (χ4n) is 7.82. The summed E-state index contributed by atoms with van der Waals surface area (Å²) in [6.07, 6.45) is 39.8. The number of benzene rings is 1. The van der Waals surface area contributed by atoms with Gasteiger partial charge in [-0.15, -0.1) is 0 Å². The molecule has 312 valence electrons. The average Bonchev–Trinajstić information content (AvgIpc) is 3.18. The van der Waals surface area contributed by atoms with E-state index in [9.17, 15) is 0 Å². The molecule has 53 heavy (non-hydrogen) atoms. The summed E-state index contributed by atoms with van der Waals surface area (Å²) in [6, 6.07) is 11.0. The Morgan fingerprint density at radius 3 is 0.943 bits per heavy atom. The molecule has 0 aliphatic carbocycles. The van der Waals surface area contributed by atoms with Crippen LogP contribution in [0.1, 0.15) is 233 Å². The summed E-state index contributed by atoms with van der Waals surface area (Å²) >= 11 is 0. The minimum absolute atomic E-state index is 0.714. The van der Waals surface area contributed by atoms with Crippen molar-refractivity contribution in [2.75, 3.05) is 39.5 Å². The number of likely N-dealkylation sites (N-methyl/N-ethyl adjacent to an activating group) is 1. The first-order valence-electron chi connectivity index (χ1n) is 23.9. The number of quaternary nitrogens is 1. The van der Waals surface area contributed by atoms with Gasteiger partial charge in [-0.1, -0.05) is 224 Å². The van der Waals surface area contributed by atoms with Gasteiger partial charge in [0.15, 0.2) is 6.54 Å². The Bertz CT molecular complexity index is 792. The van der Waals surface area contributed by atoms with Crippen LogP contribution in [0.25, 0.3) is 0 Å². The summed E-state index contributed by atoms with van der Waals surface area (Å²) in [5, 5.41) is 0. The van der Waals surface area contributed by atoms with Crippen molar-refractivity contribution in [2.45, 2.75) is 240 Å². The topological polar surface area (TPSA) is 27.7 Å². The van der Waals surface area contributed by atoms with Gasteiger partial charge in [-0.3, -0.25) is 0 Å². The summed E-state index contributed by atoms with van der Waals surface area (Å²) in [6.45, 7) is 17.5. The molecule has 0 atom stereocenters. The fourth-order valence-corrected chi connectivity index (χ4v) is 7.82. The molecule has 0 aliphatic heterocycles. The molecule has 0 spiro atoms. The number of hydrogen-bond donors (Lipinski definition) is 0. The van der Waals surface area contributed by atoms with E-state index in [-0.39, 0.29) is 0 Å². The Labute approximate surface area is 332 Å². The zero-order valence-electron chi connectivity index (χ0n) is 36.7. The zero-order chi connectivity index (χ0) is 38.4. The Morgan fingerprint density at radius 1 is 0.377 bits per heavy atom. The fraction of sp³-hybridized carbons (Fsp3) is 0.878. The molecule has 0 unspecified atom stereocenters. The van der Waals surface area contributed by atoms with Crippen LogP contribution in [0.3, 0.4) is 0 Å². The summed E-state index contributed by atoms with van der Waals surface area (Å²) < 4.78 is 21.7. The summed E-state index contributed by atoms with van der Waals surface area (Å²) in [5.41, 5.74) is 1.38. The first kappa shape index (κ1) is 50.1. The number of hydrogen-bond acceptors (Lipinski definition) is 3. The van der Waals surface area contributed by atoms with E-state index in [0.29, 0.717) is 19.8 Å². The number of rotatable bonds is 42. The largest absolute Gasteiger partial charge is 0.335 e. The monoisotopic (exact) mass is 745 g/mol. The summed E-state index contributed by atoms with van der Waals surface area (Å²) in [7, 11) is 0. The lowest BCUT2D eigenvalue weighted by Crippen LogP contribution is -2.59. The zero-order valence-corrected chi connectivity index (χ0v) is 36.7. The molecular formula is C49H94NO3+. The van der Waals surface area contributed by atoms with Crippen LogP contribution in [-0.2, 0) is 20.8 Å². The standard InChI is InChI=1S/C49H94NO3/c1-6-11-14-17-20-23-26-29-32-38-43-51-49(52-44-39-33-30-27-24-21-18-15-12-7-2,53-45-40-34-31-28-25-22-19-16-13-8-3)47-50(9-4,10-5)46-48-41-36-35-37-42-48/h35-37,41-42H,6-34,38-40,43-47H2,1-5H3/q+1. The van der Waals surface area contributed by atoms with Crippen LogP contribution >= 0.6 is 0 Å². The van der Waals surface area contributed by atoms with E-state index >= 15 is 0 Å². The van der Waals surface area contributed by atoms with Crippen molar-refractivity contribution in [3.63, 3.8) is 0 Å². The van der Waals surface area contributed by atoms with Gasteiger partial charge in [-0.05, 0) is 33.1 Å². The molecular weight excluding hydrogens is 651 g/mol. The quantitative estimate of drug-likeness (QED) is 0.0379. The van der Waals surface area contributed by atoms with Crippen LogP contribution in [0.5, 0.6) is 0 Å². The van der Waals surface area contributed by atoms with Crippen LogP contribution in [-0.4, -0.2) is 49.9 Å². The second-order valence-electron chi connectivity index (χ2n) is 16.6. The molecule has 0 radical (unpaired) electrons. The Hall–Kier alpha value is -0.940. The van der Waals surface area contributed by atoms with Crippen molar-refractivity contribution in [3.05, 3.63) is 35.9 Å². The molecule has 0 N–H and O–H groups in total. The van der Waals surface area contributed by atoms with Crippen molar-refractivity contribution < 1.29 is 18.7 Å². The maximum Gasteiger partial charge on any atom is 0.335 e. The van der Waals surface area contributed by atoms with E-state index in [2.05, 4.69) is 65.0 Å². The van der Waals surface area contributed by atoms with Crippen molar-refractivity contribution in [1.29, 1.82) is 0 Å². The molecule has 0 aliphatic rings. The first-order chi connectivity index (χ1) is 26.1. The van der Waals surface area contributed by atoms with Crippen LogP contribution in [0, 0.1) is 0 Å². The Morgan fingerprint density at radius 2 is 0.660 bits per heavy atom. The molecule has 1 aromatic rings. The van der Waals surface area contributed by atoms with E-state index < -0.39 is 5.97 Å². The lowest BCUT2D eigenvalue weighted by atomic mass is 10.1. The molecule has 0 fully saturated rings. The minimum atomic E-state index is -0.987. The van der Waals surface area contributed by atoms with Gasteiger partial charge < -0.3 is 18.7 Å². The van der Waals surface area contributed by atoms with Gasteiger partial charge >= 0.3 is 5.97 Å². The molecule has 4 heteroatoms. The Kier molecular flexibility index (Phi) is 34.7. The highest BCUT2D eigenvalue weighted by molar-refractivity contribution is 5.13. The maximum atomic E-state index is 6.92. The van der Waals surface area contributed by atoms with E-state index in [1.54, 1.807) is 0 Å². The third kappa shape index (κ3) is 28.2. The predicted molar refractivity (Wildman–Crippen MR) is 232 cm³/mol. The number of nitrogens with zero attached hydrogens (tertiary/aromatic N) is 1. The summed E-state index contributed by atoms with van der Waals surface area (Å²) in [4.78, 5) is 0. The maximum absolute atomic E-state index is 6.92. The number of ether oxygens (including phenoxy) is 3. The van der Waals surface area contributed by atoms with Gasteiger partial charge in [0.2, 0.25) is 0 Å².